The Morgan fingerprint density at radius 1 is 1.32 bits per heavy atom. The summed E-state index contributed by atoms with van der Waals surface area (Å²) in [5, 5.41) is 10.7. The molecule has 0 heterocycles. The average molecular weight is 273 g/mol. The van der Waals surface area contributed by atoms with Crippen molar-refractivity contribution in [2.75, 3.05) is 5.32 Å². The lowest BCUT2D eigenvalue weighted by atomic mass is 10.2. The zero-order valence-corrected chi connectivity index (χ0v) is 9.78. The quantitative estimate of drug-likeness (QED) is 0.832. The maximum absolute atomic E-state index is 12.4. The number of benzene rings is 1. The van der Waals surface area contributed by atoms with Gasteiger partial charge in [0.25, 0.3) is 0 Å². The molecular formula is C12H10F3NO3. The van der Waals surface area contributed by atoms with Crippen molar-refractivity contribution in [3.63, 3.8) is 0 Å². The molecule has 0 saturated heterocycles. The Morgan fingerprint density at radius 2 is 1.95 bits per heavy atom. The van der Waals surface area contributed by atoms with E-state index < -0.39 is 23.6 Å². The van der Waals surface area contributed by atoms with E-state index in [4.69, 9.17) is 5.11 Å². The van der Waals surface area contributed by atoms with Gasteiger partial charge in [-0.05, 0) is 25.1 Å². The molecule has 1 aromatic rings. The van der Waals surface area contributed by atoms with Crippen molar-refractivity contribution in [2.24, 2.45) is 0 Å². The van der Waals surface area contributed by atoms with Crippen LogP contribution in [0.25, 0.3) is 0 Å². The van der Waals surface area contributed by atoms with Crippen molar-refractivity contribution in [1.82, 2.24) is 0 Å². The Morgan fingerprint density at radius 3 is 2.47 bits per heavy atom. The smallest absolute Gasteiger partial charge is 0.416 e. The summed E-state index contributed by atoms with van der Waals surface area (Å²) < 4.78 is 37.3. The van der Waals surface area contributed by atoms with E-state index in [0.717, 1.165) is 24.3 Å². The van der Waals surface area contributed by atoms with Gasteiger partial charge in [-0.25, -0.2) is 4.79 Å². The Hall–Kier alpha value is -2.31. The second kappa shape index (κ2) is 5.55. The van der Waals surface area contributed by atoms with E-state index in [1.54, 1.807) is 0 Å². The minimum atomic E-state index is -4.51. The van der Waals surface area contributed by atoms with E-state index in [9.17, 15) is 22.8 Å². The first-order valence-electron chi connectivity index (χ1n) is 5.10. The van der Waals surface area contributed by atoms with Crippen LogP contribution in [0.1, 0.15) is 12.5 Å². The number of hydrogen-bond acceptors (Lipinski definition) is 2. The minimum Gasteiger partial charge on any atom is -0.478 e. The molecule has 0 unspecified atom stereocenters. The number of anilines is 1. The van der Waals surface area contributed by atoms with Crippen molar-refractivity contribution in [1.29, 1.82) is 0 Å². The fraction of sp³-hybridized carbons (Fsp3) is 0.167. The van der Waals surface area contributed by atoms with Gasteiger partial charge in [0.1, 0.15) is 0 Å². The van der Waals surface area contributed by atoms with Crippen molar-refractivity contribution in [2.45, 2.75) is 13.1 Å². The summed E-state index contributed by atoms with van der Waals surface area (Å²) in [4.78, 5) is 21.8. The standard InChI is InChI=1S/C12H10F3NO3/c1-7(11(18)19)5-10(17)16-9-4-2-3-8(6-9)12(13,14)15/h2-6H,1H3,(H,16,17)(H,18,19)/b7-5-. The lowest BCUT2D eigenvalue weighted by molar-refractivity contribution is -0.137. The van der Waals surface area contributed by atoms with Gasteiger partial charge in [-0.1, -0.05) is 6.07 Å². The van der Waals surface area contributed by atoms with Gasteiger partial charge in [0.15, 0.2) is 0 Å². The molecule has 0 aromatic heterocycles. The lowest BCUT2D eigenvalue weighted by Gasteiger charge is -2.08. The highest BCUT2D eigenvalue weighted by Crippen LogP contribution is 2.30. The number of aliphatic carboxylic acids is 1. The third-order valence-electron chi connectivity index (χ3n) is 2.14. The molecule has 1 rings (SSSR count). The normalized spacial score (nSPS) is 12.1. The maximum atomic E-state index is 12.4. The van der Waals surface area contributed by atoms with Crippen LogP contribution in [0.3, 0.4) is 0 Å². The monoisotopic (exact) mass is 273 g/mol. The molecule has 0 aliphatic heterocycles. The molecule has 0 fully saturated rings. The molecule has 0 saturated carbocycles. The first kappa shape index (κ1) is 14.7. The van der Waals surface area contributed by atoms with E-state index in [1.165, 1.54) is 13.0 Å². The molecule has 0 aliphatic carbocycles. The van der Waals surface area contributed by atoms with Gasteiger partial charge in [-0.3, -0.25) is 4.79 Å². The predicted octanol–water partition coefficient (Wildman–Crippen LogP) is 2.67. The van der Waals surface area contributed by atoms with Crippen molar-refractivity contribution in [3.8, 4) is 0 Å². The summed E-state index contributed by atoms with van der Waals surface area (Å²) in [6, 6.07) is 4.05. The van der Waals surface area contributed by atoms with Crippen molar-refractivity contribution in [3.05, 3.63) is 41.5 Å². The Balaban J connectivity index is 2.87. The molecular weight excluding hydrogens is 263 g/mol. The summed E-state index contributed by atoms with van der Waals surface area (Å²) in [6.45, 7) is 1.20. The van der Waals surface area contributed by atoms with E-state index in [1.807, 2.05) is 0 Å². The second-order valence-electron chi connectivity index (χ2n) is 3.70. The molecule has 2 N–H and O–H groups in total. The van der Waals surface area contributed by atoms with Crippen molar-refractivity contribution < 1.29 is 27.9 Å². The summed E-state index contributed by atoms with van der Waals surface area (Å²) in [5.74, 6) is -2.08. The summed E-state index contributed by atoms with van der Waals surface area (Å²) in [6.07, 6.45) is -3.71. The average Bonchev–Trinajstić information content (AvgIpc) is 2.27. The molecule has 0 bridgehead atoms. The van der Waals surface area contributed by atoms with Gasteiger partial charge in [0, 0.05) is 17.3 Å². The van der Waals surface area contributed by atoms with E-state index in [0.29, 0.717) is 0 Å². The molecule has 1 aromatic carbocycles. The number of carboxylic acid groups (broad SMARTS) is 1. The van der Waals surface area contributed by atoms with Crippen LogP contribution in [-0.4, -0.2) is 17.0 Å². The molecule has 1 amide bonds. The fourth-order valence-corrected chi connectivity index (χ4v) is 1.21. The summed E-state index contributed by atoms with van der Waals surface area (Å²) in [7, 11) is 0. The topological polar surface area (TPSA) is 66.4 Å². The molecule has 0 radical (unpaired) electrons. The second-order valence-corrected chi connectivity index (χ2v) is 3.70. The Kier molecular flexibility index (Phi) is 4.31. The van der Waals surface area contributed by atoms with Gasteiger partial charge in [0.05, 0.1) is 5.56 Å². The third-order valence-corrected chi connectivity index (χ3v) is 2.14. The SMILES string of the molecule is C/C(=C/C(=O)Nc1cccc(C(F)(F)F)c1)C(=O)O. The van der Waals surface area contributed by atoms with Crippen LogP contribution in [0, 0.1) is 0 Å². The molecule has 19 heavy (non-hydrogen) atoms. The summed E-state index contributed by atoms with van der Waals surface area (Å²) in [5.41, 5.74) is -1.18. The van der Waals surface area contributed by atoms with Gasteiger partial charge >= 0.3 is 12.1 Å². The van der Waals surface area contributed by atoms with Crippen LogP contribution in [0.4, 0.5) is 18.9 Å². The molecule has 0 spiro atoms. The minimum absolute atomic E-state index is 0.0609. The van der Waals surface area contributed by atoms with Gasteiger partial charge in [-0.2, -0.15) is 13.2 Å². The van der Waals surface area contributed by atoms with Crippen LogP contribution in [0.2, 0.25) is 0 Å². The maximum Gasteiger partial charge on any atom is 0.416 e. The largest absolute Gasteiger partial charge is 0.478 e. The van der Waals surface area contributed by atoms with Gasteiger partial charge < -0.3 is 10.4 Å². The number of carbonyl (C=O) groups excluding carboxylic acids is 1. The number of rotatable bonds is 3. The summed E-state index contributed by atoms with van der Waals surface area (Å²) >= 11 is 0. The van der Waals surface area contributed by atoms with E-state index in [-0.39, 0.29) is 11.3 Å². The van der Waals surface area contributed by atoms with E-state index >= 15 is 0 Å². The van der Waals surface area contributed by atoms with Crippen LogP contribution in [-0.2, 0) is 15.8 Å². The van der Waals surface area contributed by atoms with Gasteiger partial charge in [0.2, 0.25) is 5.91 Å². The number of halogens is 3. The number of hydrogen-bond donors (Lipinski definition) is 2. The zero-order valence-electron chi connectivity index (χ0n) is 9.78. The highest BCUT2D eigenvalue weighted by atomic mass is 19.4. The number of alkyl halides is 3. The highest BCUT2D eigenvalue weighted by Gasteiger charge is 2.30. The van der Waals surface area contributed by atoms with Crippen LogP contribution >= 0.6 is 0 Å². The first-order valence-corrected chi connectivity index (χ1v) is 5.10. The fourth-order valence-electron chi connectivity index (χ4n) is 1.21. The highest BCUT2D eigenvalue weighted by molar-refractivity contribution is 6.04. The third kappa shape index (κ3) is 4.46. The number of carbonyl (C=O) groups is 2. The van der Waals surface area contributed by atoms with Crippen LogP contribution < -0.4 is 5.32 Å². The van der Waals surface area contributed by atoms with Crippen LogP contribution in [0.5, 0.6) is 0 Å². The molecule has 0 aliphatic rings. The Bertz CT molecular complexity index is 535. The zero-order chi connectivity index (χ0) is 14.6. The molecule has 7 heteroatoms. The van der Waals surface area contributed by atoms with Crippen LogP contribution in [0.15, 0.2) is 35.9 Å². The number of amides is 1. The molecule has 4 nitrogen and oxygen atoms in total. The van der Waals surface area contributed by atoms with E-state index in [2.05, 4.69) is 5.32 Å². The van der Waals surface area contributed by atoms with Crippen molar-refractivity contribution >= 4 is 17.6 Å². The number of carboxylic acids is 1. The van der Waals surface area contributed by atoms with Gasteiger partial charge in [-0.15, -0.1) is 0 Å². The number of nitrogens with one attached hydrogen (secondary N) is 1. The predicted molar refractivity (Wildman–Crippen MR) is 61.5 cm³/mol. The first-order chi connectivity index (χ1) is 8.70. The molecule has 0 atom stereocenters. The Labute approximate surface area is 106 Å². The molecule has 102 valence electrons. The lowest BCUT2D eigenvalue weighted by Crippen LogP contribution is -2.12.